The summed E-state index contributed by atoms with van der Waals surface area (Å²) in [7, 11) is 4.07. The first-order chi connectivity index (χ1) is 9.61. The molecule has 1 atom stereocenters. The van der Waals surface area contributed by atoms with Gasteiger partial charge in [-0.25, -0.2) is 0 Å². The van der Waals surface area contributed by atoms with Crippen LogP contribution in [0.1, 0.15) is 30.3 Å². The van der Waals surface area contributed by atoms with Gasteiger partial charge in [0.1, 0.15) is 5.82 Å². The highest BCUT2D eigenvalue weighted by Gasteiger charge is 2.30. The maximum Gasteiger partial charge on any atom is 0.274 e. The monoisotopic (exact) mass is 277 g/mol. The molecule has 1 aromatic rings. The largest absolute Gasteiger partial charge is 0.369 e. The summed E-state index contributed by atoms with van der Waals surface area (Å²) < 4.78 is 0. The number of anilines is 1. The number of nitrogens with one attached hydrogen (secondary N) is 1. The molecule has 0 bridgehead atoms. The van der Waals surface area contributed by atoms with Gasteiger partial charge in [-0.2, -0.15) is 0 Å². The molecule has 0 saturated carbocycles. The van der Waals surface area contributed by atoms with E-state index in [9.17, 15) is 4.79 Å². The minimum atomic E-state index is -0.00935. The van der Waals surface area contributed by atoms with E-state index in [4.69, 9.17) is 0 Å². The third-order valence-electron chi connectivity index (χ3n) is 3.46. The molecule has 110 valence electrons. The van der Waals surface area contributed by atoms with Crippen molar-refractivity contribution in [3.63, 3.8) is 0 Å². The van der Waals surface area contributed by atoms with E-state index < -0.39 is 0 Å². The van der Waals surface area contributed by atoms with Gasteiger partial charge in [0.2, 0.25) is 0 Å². The Labute approximate surface area is 120 Å². The van der Waals surface area contributed by atoms with Crippen LogP contribution < -0.4 is 5.32 Å². The Kier molecular flexibility index (Phi) is 4.89. The molecule has 0 aromatic carbocycles. The van der Waals surface area contributed by atoms with Crippen molar-refractivity contribution >= 4 is 11.7 Å². The van der Waals surface area contributed by atoms with Crippen LogP contribution in [0.5, 0.6) is 0 Å². The zero-order valence-corrected chi connectivity index (χ0v) is 12.5. The Morgan fingerprint density at radius 1 is 1.45 bits per heavy atom. The summed E-state index contributed by atoms with van der Waals surface area (Å²) in [6.45, 7) is 4.50. The van der Waals surface area contributed by atoms with E-state index >= 15 is 0 Å². The van der Waals surface area contributed by atoms with Gasteiger partial charge < -0.3 is 15.1 Å². The molecule has 1 N–H and O–H groups in total. The minimum Gasteiger partial charge on any atom is -0.369 e. The lowest BCUT2D eigenvalue weighted by atomic mass is 10.2. The first-order valence-electron chi connectivity index (χ1n) is 7.15. The molecular weight excluding hydrogens is 254 g/mol. The number of aromatic nitrogens is 2. The Balaban J connectivity index is 2.05. The standard InChI is InChI=1S/C14H23N5O/c1-4-15-13-8-7-12(16-17-13)14(20)19-9-5-6-11(19)10-18(2)3/h7-8,11H,4-6,9-10H2,1-3H3,(H,15,17). The van der Waals surface area contributed by atoms with Crippen molar-refractivity contribution in [1.29, 1.82) is 0 Å². The highest BCUT2D eigenvalue weighted by molar-refractivity contribution is 5.92. The van der Waals surface area contributed by atoms with Gasteiger partial charge in [0.15, 0.2) is 5.69 Å². The van der Waals surface area contributed by atoms with E-state index in [1.54, 1.807) is 12.1 Å². The van der Waals surface area contributed by atoms with Crippen molar-refractivity contribution < 1.29 is 4.79 Å². The molecule has 2 rings (SSSR count). The van der Waals surface area contributed by atoms with Gasteiger partial charge in [-0.3, -0.25) is 4.79 Å². The third kappa shape index (κ3) is 3.45. The van der Waals surface area contributed by atoms with Gasteiger partial charge in [-0.1, -0.05) is 0 Å². The molecule has 1 aromatic heterocycles. The third-order valence-corrected chi connectivity index (χ3v) is 3.46. The zero-order chi connectivity index (χ0) is 14.5. The van der Waals surface area contributed by atoms with Gasteiger partial charge >= 0.3 is 0 Å². The number of hydrogen-bond donors (Lipinski definition) is 1. The van der Waals surface area contributed by atoms with Crippen molar-refractivity contribution in [3.05, 3.63) is 17.8 Å². The topological polar surface area (TPSA) is 61.4 Å². The summed E-state index contributed by atoms with van der Waals surface area (Å²) in [5.74, 6) is 0.695. The summed E-state index contributed by atoms with van der Waals surface area (Å²) in [4.78, 5) is 16.5. The van der Waals surface area contributed by atoms with Crippen LogP contribution in [0.4, 0.5) is 5.82 Å². The summed E-state index contributed by atoms with van der Waals surface area (Å²) in [5, 5.41) is 11.1. The number of nitrogens with zero attached hydrogens (tertiary/aromatic N) is 4. The summed E-state index contributed by atoms with van der Waals surface area (Å²) in [6.07, 6.45) is 2.12. The second-order valence-corrected chi connectivity index (χ2v) is 5.39. The number of rotatable bonds is 5. The van der Waals surface area contributed by atoms with Crippen LogP contribution in [0.25, 0.3) is 0 Å². The average molecular weight is 277 g/mol. The highest BCUT2D eigenvalue weighted by Crippen LogP contribution is 2.20. The Bertz CT molecular complexity index is 445. The summed E-state index contributed by atoms with van der Waals surface area (Å²) in [5.41, 5.74) is 0.428. The number of amides is 1. The molecule has 6 nitrogen and oxygen atoms in total. The number of hydrogen-bond acceptors (Lipinski definition) is 5. The van der Waals surface area contributed by atoms with Crippen LogP contribution in [0.3, 0.4) is 0 Å². The maximum atomic E-state index is 12.5. The van der Waals surface area contributed by atoms with E-state index in [-0.39, 0.29) is 11.9 Å². The molecule has 20 heavy (non-hydrogen) atoms. The fourth-order valence-corrected chi connectivity index (χ4v) is 2.58. The van der Waals surface area contributed by atoms with Crippen LogP contribution >= 0.6 is 0 Å². The van der Waals surface area contributed by atoms with E-state index in [0.29, 0.717) is 11.5 Å². The number of carbonyl (C=O) groups is 1. The van der Waals surface area contributed by atoms with E-state index in [2.05, 4.69) is 20.4 Å². The molecule has 0 aliphatic carbocycles. The number of carbonyl (C=O) groups excluding carboxylic acids is 1. The molecule has 6 heteroatoms. The number of likely N-dealkylation sites (tertiary alicyclic amines) is 1. The molecule has 1 unspecified atom stereocenters. The molecule has 0 spiro atoms. The quantitative estimate of drug-likeness (QED) is 0.872. The Morgan fingerprint density at radius 3 is 2.85 bits per heavy atom. The van der Waals surface area contributed by atoms with Crippen LogP contribution in [0.2, 0.25) is 0 Å². The predicted octanol–water partition coefficient (Wildman–Crippen LogP) is 1.07. The smallest absolute Gasteiger partial charge is 0.274 e. The zero-order valence-electron chi connectivity index (χ0n) is 12.5. The van der Waals surface area contributed by atoms with Crippen molar-refractivity contribution in [2.75, 3.05) is 39.0 Å². The second kappa shape index (κ2) is 6.65. The SMILES string of the molecule is CCNc1ccc(C(=O)N2CCCC2CN(C)C)nn1. The van der Waals surface area contributed by atoms with Gasteiger partial charge in [0, 0.05) is 25.7 Å². The molecule has 1 amide bonds. The molecule has 1 fully saturated rings. The lowest BCUT2D eigenvalue weighted by Crippen LogP contribution is -2.41. The van der Waals surface area contributed by atoms with Gasteiger partial charge in [-0.15, -0.1) is 10.2 Å². The molecular formula is C14H23N5O. The molecule has 0 radical (unpaired) electrons. The lowest BCUT2D eigenvalue weighted by Gasteiger charge is -2.26. The molecule has 1 aliphatic rings. The van der Waals surface area contributed by atoms with E-state index in [1.807, 2.05) is 25.9 Å². The van der Waals surface area contributed by atoms with E-state index in [0.717, 1.165) is 32.5 Å². The first-order valence-corrected chi connectivity index (χ1v) is 7.15. The highest BCUT2D eigenvalue weighted by atomic mass is 16.2. The summed E-state index contributed by atoms with van der Waals surface area (Å²) in [6, 6.07) is 3.84. The average Bonchev–Trinajstić information content (AvgIpc) is 2.86. The van der Waals surface area contributed by atoms with Crippen molar-refractivity contribution in [2.24, 2.45) is 0 Å². The van der Waals surface area contributed by atoms with Gasteiger partial charge in [-0.05, 0) is 46.0 Å². The predicted molar refractivity (Wildman–Crippen MR) is 78.8 cm³/mol. The maximum absolute atomic E-state index is 12.5. The molecule has 1 saturated heterocycles. The minimum absolute atomic E-state index is 0.00935. The molecule has 1 aliphatic heterocycles. The van der Waals surface area contributed by atoms with Crippen molar-refractivity contribution in [1.82, 2.24) is 20.0 Å². The molecule has 2 heterocycles. The second-order valence-electron chi connectivity index (χ2n) is 5.39. The van der Waals surface area contributed by atoms with Crippen LogP contribution in [0, 0.1) is 0 Å². The Hall–Kier alpha value is -1.69. The van der Waals surface area contributed by atoms with Crippen LogP contribution in [-0.4, -0.2) is 65.7 Å². The Morgan fingerprint density at radius 2 is 2.25 bits per heavy atom. The normalized spacial score (nSPS) is 18.6. The van der Waals surface area contributed by atoms with Crippen molar-refractivity contribution in [2.45, 2.75) is 25.8 Å². The first kappa shape index (κ1) is 14.7. The van der Waals surface area contributed by atoms with Crippen LogP contribution in [-0.2, 0) is 0 Å². The fourth-order valence-electron chi connectivity index (χ4n) is 2.58. The lowest BCUT2D eigenvalue weighted by molar-refractivity contribution is 0.0709. The van der Waals surface area contributed by atoms with E-state index in [1.165, 1.54) is 0 Å². The number of likely N-dealkylation sites (N-methyl/N-ethyl adjacent to an activating group) is 1. The van der Waals surface area contributed by atoms with Gasteiger partial charge in [0.05, 0.1) is 0 Å². The van der Waals surface area contributed by atoms with Gasteiger partial charge in [0.25, 0.3) is 5.91 Å². The fraction of sp³-hybridized carbons (Fsp3) is 0.643. The van der Waals surface area contributed by atoms with Crippen molar-refractivity contribution in [3.8, 4) is 0 Å². The van der Waals surface area contributed by atoms with Crippen LogP contribution in [0.15, 0.2) is 12.1 Å². The summed E-state index contributed by atoms with van der Waals surface area (Å²) >= 11 is 0.